The van der Waals surface area contributed by atoms with Crippen LogP contribution in [0.2, 0.25) is 0 Å². The third-order valence-electron chi connectivity index (χ3n) is 3.78. The molecule has 0 N–H and O–H groups in total. The van der Waals surface area contributed by atoms with Gasteiger partial charge >= 0.3 is 5.97 Å². The highest BCUT2D eigenvalue weighted by atomic mass is 16.5. The van der Waals surface area contributed by atoms with E-state index in [1.165, 1.54) is 16.3 Å². The van der Waals surface area contributed by atoms with Gasteiger partial charge in [-0.25, -0.2) is 4.79 Å². The summed E-state index contributed by atoms with van der Waals surface area (Å²) in [4.78, 5) is 11.5. The average Bonchev–Trinajstić information content (AvgIpc) is 2.87. The lowest BCUT2D eigenvalue weighted by Crippen LogP contribution is -1.93. The molecule has 0 amide bonds. The van der Waals surface area contributed by atoms with Crippen molar-refractivity contribution >= 4 is 16.7 Å². The van der Waals surface area contributed by atoms with Crippen molar-refractivity contribution in [2.24, 2.45) is 0 Å². The van der Waals surface area contributed by atoms with E-state index in [0.29, 0.717) is 12.2 Å². The van der Waals surface area contributed by atoms with Crippen LogP contribution in [0.15, 0.2) is 60.7 Å². The van der Waals surface area contributed by atoms with Gasteiger partial charge in [-0.15, -0.1) is 0 Å². The normalized spacial score (nSPS) is 13.3. The van der Waals surface area contributed by atoms with E-state index >= 15 is 0 Å². The molecule has 1 aliphatic rings. The van der Waals surface area contributed by atoms with Crippen LogP contribution in [0.4, 0.5) is 0 Å². The van der Waals surface area contributed by atoms with E-state index in [0.717, 1.165) is 11.1 Å². The number of ether oxygens (including phenoxy) is 1. The van der Waals surface area contributed by atoms with Gasteiger partial charge in [0.05, 0.1) is 5.56 Å². The fourth-order valence-electron chi connectivity index (χ4n) is 2.78. The zero-order chi connectivity index (χ0) is 13.5. The summed E-state index contributed by atoms with van der Waals surface area (Å²) in [7, 11) is 0. The number of hydrogen-bond donors (Lipinski definition) is 0. The molecule has 0 unspecified atom stereocenters. The van der Waals surface area contributed by atoms with Crippen LogP contribution >= 0.6 is 0 Å². The standard InChI is InChI=1S/C18H12O2/c19-18-17-9-8-13(10-14(17)11-20-18)16-7-3-5-12-4-1-2-6-15(12)16/h1-10H,11H2. The lowest BCUT2D eigenvalue weighted by atomic mass is 9.96. The number of rotatable bonds is 1. The number of cyclic esters (lactones) is 1. The summed E-state index contributed by atoms with van der Waals surface area (Å²) in [6.07, 6.45) is 0. The lowest BCUT2D eigenvalue weighted by Gasteiger charge is -2.07. The molecule has 3 aromatic rings. The molecule has 0 saturated heterocycles. The van der Waals surface area contributed by atoms with E-state index in [1.807, 2.05) is 24.3 Å². The Morgan fingerprint density at radius 1 is 0.850 bits per heavy atom. The molecule has 0 saturated carbocycles. The van der Waals surface area contributed by atoms with Crippen LogP contribution in [0.3, 0.4) is 0 Å². The molecule has 2 heteroatoms. The molecule has 20 heavy (non-hydrogen) atoms. The number of fused-ring (bicyclic) bond motifs is 2. The molecule has 0 radical (unpaired) electrons. The second-order valence-electron chi connectivity index (χ2n) is 4.97. The largest absolute Gasteiger partial charge is 0.457 e. The number of hydrogen-bond acceptors (Lipinski definition) is 2. The maximum absolute atomic E-state index is 11.5. The van der Waals surface area contributed by atoms with Crippen LogP contribution in [0.5, 0.6) is 0 Å². The fourth-order valence-corrected chi connectivity index (χ4v) is 2.78. The summed E-state index contributed by atoms with van der Waals surface area (Å²) in [5, 5.41) is 2.44. The molecule has 1 heterocycles. The molecule has 96 valence electrons. The fraction of sp³-hybridized carbons (Fsp3) is 0.0556. The highest BCUT2D eigenvalue weighted by Crippen LogP contribution is 2.31. The van der Waals surface area contributed by atoms with Crippen molar-refractivity contribution in [1.82, 2.24) is 0 Å². The minimum Gasteiger partial charge on any atom is -0.457 e. The van der Waals surface area contributed by atoms with Crippen molar-refractivity contribution < 1.29 is 9.53 Å². The minimum absolute atomic E-state index is 0.218. The highest BCUT2D eigenvalue weighted by Gasteiger charge is 2.21. The first kappa shape index (κ1) is 11.2. The van der Waals surface area contributed by atoms with Gasteiger partial charge in [0.2, 0.25) is 0 Å². The Morgan fingerprint density at radius 2 is 1.70 bits per heavy atom. The second-order valence-corrected chi connectivity index (χ2v) is 4.97. The van der Waals surface area contributed by atoms with Gasteiger partial charge in [-0.1, -0.05) is 48.5 Å². The Bertz CT molecular complexity index is 828. The van der Waals surface area contributed by atoms with E-state index in [4.69, 9.17) is 4.74 Å². The van der Waals surface area contributed by atoms with Crippen molar-refractivity contribution in [3.05, 3.63) is 71.8 Å². The predicted octanol–water partition coefficient (Wildman–Crippen LogP) is 4.18. The lowest BCUT2D eigenvalue weighted by molar-refractivity contribution is 0.0535. The Morgan fingerprint density at radius 3 is 2.65 bits per heavy atom. The van der Waals surface area contributed by atoms with Crippen LogP contribution in [0.1, 0.15) is 15.9 Å². The molecule has 0 atom stereocenters. The minimum atomic E-state index is -0.218. The molecular weight excluding hydrogens is 248 g/mol. The molecular formula is C18H12O2. The quantitative estimate of drug-likeness (QED) is 0.614. The Kier molecular flexibility index (Phi) is 2.36. The first-order valence-corrected chi connectivity index (χ1v) is 6.61. The van der Waals surface area contributed by atoms with E-state index in [-0.39, 0.29) is 5.97 Å². The maximum atomic E-state index is 11.5. The number of carbonyl (C=O) groups is 1. The summed E-state index contributed by atoms with van der Waals surface area (Å²) < 4.78 is 5.06. The van der Waals surface area contributed by atoms with Crippen molar-refractivity contribution in [3.63, 3.8) is 0 Å². The van der Waals surface area contributed by atoms with Crippen molar-refractivity contribution in [3.8, 4) is 11.1 Å². The number of esters is 1. The van der Waals surface area contributed by atoms with Crippen LogP contribution in [0, 0.1) is 0 Å². The first-order chi connectivity index (χ1) is 9.83. The van der Waals surface area contributed by atoms with Gasteiger partial charge < -0.3 is 4.74 Å². The molecule has 3 aromatic carbocycles. The van der Waals surface area contributed by atoms with Gasteiger partial charge in [-0.2, -0.15) is 0 Å². The Hall–Kier alpha value is -2.61. The van der Waals surface area contributed by atoms with E-state index in [2.05, 4.69) is 36.4 Å². The predicted molar refractivity (Wildman–Crippen MR) is 78.5 cm³/mol. The van der Waals surface area contributed by atoms with Crippen LogP contribution in [-0.2, 0) is 11.3 Å². The number of carbonyl (C=O) groups excluding carboxylic acids is 1. The third-order valence-corrected chi connectivity index (χ3v) is 3.78. The van der Waals surface area contributed by atoms with E-state index in [9.17, 15) is 4.79 Å². The van der Waals surface area contributed by atoms with Gasteiger partial charge in [0, 0.05) is 5.56 Å². The van der Waals surface area contributed by atoms with Crippen molar-refractivity contribution in [2.45, 2.75) is 6.61 Å². The van der Waals surface area contributed by atoms with Crippen molar-refractivity contribution in [1.29, 1.82) is 0 Å². The third kappa shape index (κ3) is 1.62. The van der Waals surface area contributed by atoms with Gasteiger partial charge in [-0.05, 0) is 34.0 Å². The van der Waals surface area contributed by atoms with Crippen molar-refractivity contribution in [2.75, 3.05) is 0 Å². The zero-order valence-corrected chi connectivity index (χ0v) is 10.8. The molecule has 2 nitrogen and oxygen atoms in total. The first-order valence-electron chi connectivity index (χ1n) is 6.61. The van der Waals surface area contributed by atoms with Crippen LogP contribution in [-0.4, -0.2) is 5.97 Å². The van der Waals surface area contributed by atoms with Crippen LogP contribution in [0.25, 0.3) is 21.9 Å². The average molecular weight is 260 g/mol. The molecule has 4 rings (SSSR count). The topological polar surface area (TPSA) is 26.3 Å². The summed E-state index contributed by atoms with van der Waals surface area (Å²) in [6.45, 7) is 0.382. The molecule has 0 aromatic heterocycles. The SMILES string of the molecule is O=C1OCc2cc(-c3cccc4ccccc34)ccc21. The monoisotopic (exact) mass is 260 g/mol. The molecule has 1 aliphatic heterocycles. The van der Waals surface area contributed by atoms with Gasteiger partial charge in [0.1, 0.15) is 6.61 Å². The maximum Gasteiger partial charge on any atom is 0.338 e. The molecule has 0 bridgehead atoms. The van der Waals surface area contributed by atoms with Gasteiger partial charge in [0.15, 0.2) is 0 Å². The zero-order valence-electron chi connectivity index (χ0n) is 10.8. The number of benzene rings is 3. The smallest absolute Gasteiger partial charge is 0.338 e. The Balaban J connectivity index is 1.94. The van der Waals surface area contributed by atoms with Gasteiger partial charge in [-0.3, -0.25) is 0 Å². The second kappa shape index (κ2) is 4.20. The summed E-state index contributed by atoms with van der Waals surface area (Å²) >= 11 is 0. The molecule has 0 aliphatic carbocycles. The van der Waals surface area contributed by atoms with E-state index < -0.39 is 0 Å². The van der Waals surface area contributed by atoms with E-state index in [1.54, 1.807) is 0 Å². The van der Waals surface area contributed by atoms with Crippen LogP contribution < -0.4 is 0 Å². The Labute approximate surface area is 116 Å². The highest BCUT2D eigenvalue weighted by molar-refractivity contribution is 5.98. The summed E-state index contributed by atoms with van der Waals surface area (Å²) in [6, 6.07) is 20.5. The molecule has 0 spiro atoms. The summed E-state index contributed by atoms with van der Waals surface area (Å²) in [5.74, 6) is -0.218. The molecule has 0 fully saturated rings. The summed E-state index contributed by atoms with van der Waals surface area (Å²) in [5.41, 5.74) is 3.97. The van der Waals surface area contributed by atoms with Gasteiger partial charge in [0.25, 0.3) is 0 Å².